The van der Waals surface area contributed by atoms with Crippen molar-refractivity contribution in [2.24, 2.45) is 16.8 Å². The molecule has 5 nitrogen and oxygen atoms in total. The Kier molecular flexibility index (Phi) is 8.04. The Morgan fingerprint density at radius 3 is 2.24 bits per heavy atom. The second-order valence-electron chi connectivity index (χ2n) is 6.84. The van der Waals surface area contributed by atoms with Crippen molar-refractivity contribution in [2.45, 2.75) is 33.7 Å². The number of piperazine rings is 1. The number of hydrogen-bond donors (Lipinski definition) is 2. The molecule has 0 aromatic carbocycles. The molecule has 0 amide bonds. The molecule has 21 heavy (non-hydrogen) atoms. The average Bonchev–Trinajstić information content (AvgIpc) is 2.45. The van der Waals surface area contributed by atoms with Gasteiger partial charge in [0, 0.05) is 52.4 Å². The second kappa shape index (κ2) is 9.26. The molecule has 1 aliphatic rings. The van der Waals surface area contributed by atoms with Gasteiger partial charge in [0.15, 0.2) is 5.96 Å². The molecule has 0 aliphatic carbocycles. The van der Waals surface area contributed by atoms with Gasteiger partial charge in [0.1, 0.15) is 0 Å². The SMILES string of the molecule is CN=C(NCC(C)CN1CCN(C)CC1)NC(C)C(C)C. The Morgan fingerprint density at radius 1 is 1.10 bits per heavy atom. The Morgan fingerprint density at radius 2 is 1.71 bits per heavy atom. The standard InChI is InChI=1S/C16H35N5/c1-13(2)15(4)19-16(17-5)18-11-14(3)12-21-9-7-20(6)8-10-21/h13-15H,7-12H2,1-6H3,(H2,17,18,19). The lowest BCUT2D eigenvalue weighted by Crippen LogP contribution is -2.48. The normalized spacial score (nSPS) is 21.4. The minimum absolute atomic E-state index is 0.434. The summed E-state index contributed by atoms with van der Waals surface area (Å²) in [5, 5.41) is 6.90. The molecule has 2 N–H and O–H groups in total. The van der Waals surface area contributed by atoms with E-state index in [-0.39, 0.29) is 0 Å². The maximum absolute atomic E-state index is 4.31. The summed E-state index contributed by atoms with van der Waals surface area (Å²) in [5.41, 5.74) is 0. The lowest BCUT2D eigenvalue weighted by Gasteiger charge is -2.34. The summed E-state index contributed by atoms with van der Waals surface area (Å²) in [6.45, 7) is 15.9. The summed E-state index contributed by atoms with van der Waals surface area (Å²) >= 11 is 0. The smallest absolute Gasteiger partial charge is 0.191 e. The van der Waals surface area contributed by atoms with Crippen LogP contribution in [0.4, 0.5) is 0 Å². The summed E-state index contributed by atoms with van der Waals surface area (Å²) in [5.74, 6) is 2.15. The molecule has 0 spiro atoms. The number of hydrogen-bond acceptors (Lipinski definition) is 3. The maximum atomic E-state index is 4.31. The van der Waals surface area contributed by atoms with Crippen molar-refractivity contribution < 1.29 is 0 Å². The van der Waals surface area contributed by atoms with Gasteiger partial charge in [0.2, 0.25) is 0 Å². The van der Waals surface area contributed by atoms with E-state index < -0.39 is 0 Å². The lowest BCUT2D eigenvalue weighted by molar-refractivity contribution is 0.139. The summed E-state index contributed by atoms with van der Waals surface area (Å²) < 4.78 is 0. The zero-order chi connectivity index (χ0) is 15.8. The van der Waals surface area contributed by atoms with E-state index in [1.54, 1.807) is 0 Å². The van der Waals surface area contributed by atoms with Gasteiger partial charge >= 0.3 is 0 Å². The van der Waals surface area contributed by atoms with E-state index in [2.05, 4.69) is 60.2 Å². The van der Waals surface area contributed by atoms with Crippen LogP contribution in [0.15, 0.2) is 4.99 Å². The van der Waals surface area contributed by atoms with Crippen LogP contribution in [0.5, 0.6) is 0 Å². The molecule has 124 valence electrons. The van der Waals surface area contributed by atoms with Crippen LogP contribution in [0.25, 0.3) is 0 Å². The molecule has 0 aromatic rings. The van der Waals surface area contributed by atoms with Gasteiger partial charge in [-0.1, -0.05) is 20.8 Å². The summed E-state index contributed by atoms with van der Waals surface area (Å²) in [4.78, 5) is 9.28. The third-order valence-electron chi connectivity index (χ3n) is 4.37. The first-order chi connectivity index (χ1) is 9.92. The maximum Gasteiger partial charge on any atom is 0.191 e. The minimum Gasteiger partial charge on any atom is -0.356 e. The van der Waals surface area contributed by atoms with E-state index in [1.165, 1.54) is 26.2 Å². The summed E-state index contributed by atoms with van der Waals surface area (Å²) in [6.07, 6.45) is 0. The van der Waals surface area contributed by atoms with Gasteiger partial charge in [-0.2, -0.15) is 0 Å². The topological polar surface area (TPSA) is 42.9 Å². The van der Waals surface area contributed by atoms with E-state index in [1.807, 2.05) is 7.05 Å². The van der Waals surface area contributed by atoms with Crippen molar-refractivity contribution in [2.75, 3.05) is 53.4 Å². The molecule has 1 rings (SSSR count). The first kappa shape index (κ1) is 18.2. The predicted octanol–water partition coefficient (Wildman–Crippen LogP) is 1.08. The van der Waals surface area contributed by atoms with Crippen molar-refractivity contribution in [1.82, 2.24) is 20.4 Å². The minimum atomic E-state index is 0.434. The molecule has 1 saturated heterocycles. The third-order valence-corrected chi connectivity index (χ3v) is 4.37. The van der Waals surface area contributed by atoms with Crippen LogP contribution in [0.2, 0.25) is 0 Å². The number of nitrogens with one attached hydrogen (secondary N) is 2. The summed E-state index contributed by atoms with van der Waals surface area (Å²) in [6, 6.07) is 0.434. The second-order valence-corrected chi connectivity index (χ2v) is 6.84. The molecule has 1 fully saturated rings. The van der Waals surface area contributed by atoms with Crippen LogP contribution in [-0.4, -0.2) is 75.2 Å². The zero-order valence-corrected chi connectivity index (χ0v) is 14.8. The molecule has 2 unspecified atom stereocenters. The van der Waals surface area contributed by atoms with Gasteiger partial charge in [0.05, 0.1) is 0 Å². The van der Waals surface area contributed by atoms with Crippen LogP contribution >= 0.6 is 0 Å². The molecule has 0 saturated carbocycles. The average molecular weight is 297 g/mol. The van der Waals surface area contributed by atoms with Gasteiger partial charge in [0.25, 0.3) is 0 Å². The van der Waals surface area contributed by atoms with Gasteiger partial charge in [-0.3, -0.25) is 4.99 Å². The predicted molar refractivity (Wildman–Crippen MR) is 91.9 cm³/mol. The van der Waals surface area contributed by atoms with Crippen molar-refractivity contribution in [1.29, 1.82) is 0 Å². The number of guanidine groups is 1. The highest BCUT2D eigenvalue weighted by molar-refractivity contribution is 5.79. The Labute approximate surface area is 131 Å². The van der Waals surface area contributed by atoms with Gasteiger partial charge < -0.3 is 20.4 Å². The molecule has 0 aromatic heterocycles. The Balaban J connectivity index is 2.26. The number of aliphatic imine (C=N–C) groups is 1. The molecule has 0 radical (unpaired) electrons. The van der Waals surface area contributed by atoms with Crippen LogP contribution in [0, 0.1) is 11.8 Å². The monoisotopic (exact) mass is 297 g/mol. The van der Waals surface area contributed by atoms with E-state index in [9.17, 15) is 0 Å². The Bertz CT molecular complexity index is 308. The fourth-order valence-corrected chi connectivity index (χ4v) is 2.38. The third kappa shape index (κ3) is 7.14. The van der Waals surface area contributed by atoms with E-state index in [4.69, 9.17) is 0 Å². The molecule has 2 atom stereocenters. The first-order valence-electron chi connectivity index (χ1n) is 8.30. The quantitative estimate of drug-likeness (QED) is 0.569. The van der Waals surface area contributed by atoms with Gasteiger partial charge in [-0.05, 0) is 25.8 Å². The molecular weight excluding hydrogens is 262 g/mol. The van der Waals surface area contributed by atoms with E-state index >= 15 is 0 Å². The number of rotatable bonds is 6. The largest absolute Gasteiger partial charge is 0.356 e. The van der Waals surface area contributed by atoms with Crippen LogP contribution < -0.4 is 10.6 Å². The van der Waals surface area contributed by atoms with Crippen molar-refractivity contribution in [3.8, 4) is 0 Å². The van der Waals surface area contributed by atoms with Crippen molar-refractivity contribution >= 4 is 5.96 Å². The fourth-order valence-electron chi connectivity index (χ4n) is 2.38. The molecule has 5 heteroatoms. The van der Waals surface area contributed by atoms with Crippen molar-refractivity contribution in [3.05, 3.63) is 0 Å². The number of likely N-dealkylation sites (N-methyl/N-ethyl adjacent to an activating group) is 1. The molecule has 1 aliphatic heterocycles. The first-order valence-corrected chi connectivity index (χ1v) is 8.30. The van der Waals surface area contributed by atoms with E-state index in [0.29, 0.717) is 17.9 Å². The molecule has 1 heterocycles. The van der Waals surface area contributed by atoms with Gasteiger partial charge in [-0.15, -0.1) is 0 Å². The zero-order valence-electron chi connectivity index (χ0n) is 14.8. The van der Waals surface area contributed by atoms with Crippen LogP contribution in [0.1, 0.15) is 27.7 Å². The van der Waals surface area contributed by atoms with Crippen LogP contribution in [0.3, 0.4) is 0 Å². The lowest BCUT2D eigenvalue weighted by atomic mass is 10.1. The summed E-state index contributed by atoms with van der Waals surface area (Å²) in [7, 11) is 4.04. The molecule has 0 bridgehead atoms. The van der Waals surface area contributed by atoms with Crippen LogP contribution in [-0.2, 0) is 0 Å². The molecular formula is C16H35N5. The highest BCUT2D eigenvalue weighted by Crippen LogP contribution is 2.04. The van der Waals surface area contributed by atoms with Gasteiger partial charge in [-0.25, -0.2) is 0 Å². The fraction of sp³-hybridized carbons (Fsp3) is 0.938. The highest BCUT2D eigenvalue weighted by atomic mass is 15.2. The number of nitrogens with zero attached hydrogens (tertiary/aromatic N) is 3. The van der Waals surface area contributed by atoms with E-state index in [0.717, 1.165) is 19.0 Å². The Hall–Kier alpha value is -0.810. The highest BCUT2D eigenvalue weighted by Gasteiger charge is 2.16. The van der Waals surface area contributed by atoms with Crippen molar-refractivity contribution in [3.63, 3.8) is 0 Å².